The Hall–Kier alpha value is -0.860. The summed E-state index contributed by atoms with van der Waals surface area (Å²) in [5, 5.41) is 9.42. The van der Waals surface area contributed by atoms with Gasteiger partial charge in [0, 0.05) is 0 Å². The maximum atomic E-state index is 9.42. The quantitative estimate of drug-likeness (QED) is 0.848. The first-order chi connectivity index (χ1) is 7.75. The van der Waals surface area contributed by atoms with Gasteiger partial charge in [0.15, 0.2) is 0 Å². The van der Waals surface area contributed by atoms with Gasteiger partial charge in [0.25, 0.3) is 0 Å². The van der Waals surface area contributed by atoms with Gasteiger partial charge in [-0.1, -0.05) is 30.3 Å². The van der Waals surface area contributed by atoms with E-state index in [9.17, 15) is 5.11 Å². The van der Waals surface area contributed by atoms with E-state index < -0.39 is 0 Å². The SMILES string of the molecule is CC(OC1CCC(O)CC1)c1ccccc1. The van der Waals surface area contributed by atoms with Crippen molar-refractivity contribution in [2.75, 3.05) is 0 Å². The lowest BCUT2D eigenvalue weighted by atomic mass is 9.95. The average Bonchev–Trinajstić information content (AvgIpc) is 2.33. The molecule has 88 valence electrons. The molecule has 1 aliphatic carbocycles. The van der Waals surface area contributed by atoms with E-state index in [1.54, 1.807) is 0 Å². The minimum Gasteiger partial charge on any atom is -0.393 e. The van der Waals surface area contributed by atoms with Crippen LogP contribution >= 0.6 is 0 Å². The molecule has 0 heterocycles. The van der Waals surface area contributed by atoms with Crippen LogP contribution in [-0.2, 0) is 4.74 Å². The van der Waals surface area contributed by atoms with Crippen LogP contribution in [0.5, 0.6) is 0 Å². The Morgan fingerprint density at radius 1 is 1.12 bits per heavy atom. The first-order valence-electron chi connectivity index (χ1n) is 6.14. The fraction of sp³-hybridized carbons (Fsp3) is 0.571. The van der Waals surface area contributed by atoms with Crippen LogP contribution in [0.15, 0.2) is 30.3 Å². The van der Waals surface area contributed by atoms with Crippen molar-refractivity contribution in [1.82, 2.24) is 0 Å². The third-order valence-corrected chi connectivity index (χ3v) is 3.31. The molecule has 1 N–H and O–H groups in total. The van der Waals surface area contributed by atoms with Crippen molar-refractivity contribution < 1.29 is 9.84 Å². The van der Waals surface area contributed by atoms with Crippen molar-refractivity contribution in [3.63, 3.8) is 0 Å². The van der Waals surface area contributed by atoms with Gasteiger partial charge in [-0.15, -0.1) is 0 Å². The summed E-state index contributed by atoms with van der Waals surface area (Å²) in [4.78, 5) is 0. The summed E-state index contributed by atoms with van der Waals surface area (Å²) in [6, 6.07) is 10.3. The van der Waals surface area contributed by atoms with E-state index in [0.29, 0.717) is 6.10 Å². The maximum Gasteiger partial charge on any atom is 0.0800 e. The maximum absolute atomic E-state index is 9.42. The highest BCUT2D eigenvalue weighted by molar-refractivity contribution is 5.16. The number of hydrogen-bond donors (Lipinski definition) is 1. The Bertz CT molecular complexity index is 302. The zero-order valence-corrected chi connectivity index (χ0v) is 9.80. The highest BCUT2D eigenvalue weighted by atomic mass is 16.5. The molecule has 0 aliphatic heterocycles. The number of aliphatic hydroxyl groups is 1. The first kappa shape index (κ1) is 11.6. The number of aliphatic hydroxyl groups excluding tert-OH is 1. The van der Waals surface area contributed by atoms with Gasteiger partial charge in [0.05, 0.1) is 18.3 Å². The zero-order valence-electron chi connectivity index (χ0n) is 9.80. The van der Waals surface area contributed by atoms with Crippen molar-refractivity contribution in [1.29, 1.82) is 0 Å². The lowest BCUT2D eigenvalue weighted by Crippen LogP contribution is -2.25. The molecular formula is C14H20O2. The number of benzene rings is 1. The predicted molar refractivity (Wildman–Crippen MR) is 64.2 cm³/mol. The zero-order chi connectivity index (χ0) is 11.4. The molecule has 1 fully saturated rings. The molecule has 1 aromatic carbocycles. The Kier molecular flexibility index (Phi) is 3.97. The van der Waals surface area contributed by atoms with Crippen LogP contribution in [0.4, 0.5) is 0 Å². The topological polar surface area (TPSA) is 29.5 Å². The second kappa shape index (κ2) is 5.46. The van der Waals surface area contributed by atoms with Crippen LogP contribution in [0.25, 0.3) is 0 Å². The summed E-state index contributed by atoms with van der Waals surface area (Å²) in [6.07, 6.45) is 4.10. The molecule has 1 unspecified atom stereocenters. The molecule has 1 atom stereocenters. The van der Waals surface area contributed by atoms with Crippen LogP contribution in [0.1, 0.15) is 44.3 Å². The van der Waals surface area contributed by atoms with E-state index in [2.05, 4.69) is 19.1 Å². The molecule has 0 aromatic heterocycles. The molecule has 1 saturated carbocycles. The van der Waals surface area contributed by atoms with Crippen molar-refractivity contribution >= 4 is 0 Å². The van der Waals surface area contributed by atoms with Gasteiger partial charge in [-0.25, -0.2) is 0 Å². The third-order valence-electron chi connectivity index (χ3n) is 3.31. The molecule has 0 amide bonds. The van der Waals surface area contributed by atoms with Gasteiger partial charge in [-0.3, -0.25) is 0 Å². The second-order valence-corrected chi connectivity index (χ2v) is 4.62. The largest absolute Gasteiger partial charge is 0.393 e. The Morgan fingerprint density at radius 2 is 1.75 bits per heavy atom. The molecule has 2 nitrogen and oxygen atoms in total. The summed E-state index contributed by atoms with van der Waals surface area (Å²) in [7, 11) is 0. The Balaban J connectivity index is 1.86. The fourth-order valence-corrected chi connectivity index (χ4v) is 2.27. The summed E-state index contributed by atoms with van der Waals surface area (Å²) >= 11 is 0. The monoisotopic (exact) mass is 220 g/mol. The van der Waals surface area contributed by atoms with Crippen LogP contribution in [0, 0.1) is 0 Å². The number of ether oxygens (including phenoxy) is 1. The van der Waals surface area contributed by atoms with Crippen molar-refractivity contribution in [2.24, 2.45) is 0 Å². The molecule has 0 radical (unpaired) electrons. The van der Waals surface area contributed by atoms with Crippen molar-refractivity contribution in [3.05, 3.63) is 35.9 Å². The minimum atomic E-state index is -0.105. The Labute approximate surface area is 97.3 Å². The van der Waals surface area contributed by atoms with Gasteiger partial charge in [0.2, 0.25) is 0 Å². The predicted octanol–water partition coefficient (Wildman–Crippen LogP) is 3.07. The lowest BCUT2D eigenvalue weighted by molar-refractivity contribution is -0.0420. The Morgan fingerprint density at radius 3 is 2.38 bits per heavy atom. The second-order valence-electron chi connectivity index (χ2n) is 4.62. The number of hydrogen-bond acceptors (Lipinski definition) is 2. The normalized spacial score (nSPS) is 27.6. The molecule has 1 aromatic rings. The molecule has 16 heavy (non-hydrogen) atoms. The standard InChI is InChI=1S/C14H20O2/c1-11(12-5-3-2-4-6-12)16-14-9-7-13(15)8-10-14/h2-6,11,13-15H,7-10H2,1H3. The average molecular weight is 220 g/mol. The van der Waals surface area contributed by atoms with Crippen LogP contribution in [-0.4, -0.2) is 17.3 Å². The highest BCUT2D eigenvalue weighted by Crippen LogP contribution is 2.26. The summed E-state index contributed by atoms with van der Waals surface area (Å²) in [5.74, 6) is 0. The van der Waals surface area contributed by atoms with E-state index in [4.69, 9.17) is 4.74 Å². The highest BCUT2D eigenvalue weighted by Gasteiger charge is 2.21. The van der Waals surface area contributed by atoms with Crippen molar-refractivity contribution in [3.8, 4) is 0 Å². The van der Waals surface area contributed by atoms with Gasteiger partial charge in [-0.05, 0) is 38.2 Å². The van der Waals surface area contributed by atoms with E-state index in [1.807, 2.05) is 18.2 Å². The first-order valence-corrected chi connectivity index (χ1v) is 6.14. The molecular weight excluding hydrogens is 200 g/mol. The minimum absolute atomic E-state index is 0.105. The summed E-state index contributed by atoms with van der Waals surface area (Å²) < 4.78 is 6.01. The molecule has 0 bridgehead atoms. The van der Waals surface area contributed by atoms with Gasteiger partial charge in [0.1, 0.15) is 0 Å². The van der Waals surface area contributed by atoms with E-state index in [1.165, 1.54) is 5.56 Å². The van der Waals surface area contributed by atoms with Gasteiger partial charge >= 0.3 is 0 Å². The lowest BCUT2D eigenvalue weighted by Gasteiger charge is -2.28. The van der Waals surface area contributed by atoms with Gasteiger partial charge < -0.3 is 9.84 Å². The van der Waals surface area contributed by atoms with E-state index in [0.717, 1.165) is 25.7 Å². The van der Waals surface area contributed by atoms with E-state index >= 15 is 0 Å². The van der Waals surface area contributed by atoms with Crippen LogP contribution < -0.4 is 0 Å². The smallest absolute Gasteiger partial charge is 0.0800 e. The molecule has 2 heteroatoms. The molecule has 2 rings (SSSR count). The van der Waals surface area contributed by atoms with Crippen molar-refractivity contribution in [2.45, 2.75) is 50.9 Å². The van der Waals surface area contributed by atoms with Gasteiger partial charge in [-0.2, -0.15) is 0 Å². The number of rotatable bonds is 3. The summed E-state index contributed by atoms with van der Waals surface area (Å²) in [5.41, 5.74) is 1.23. The third kappa shape index (κ3) is 3.06. The molecule has 1 aliphatic rings. The van der Waals surface area contributed by atoms with Crippen LogP contribution in [0.3, 0.4) is 0 Å². The molecule has 0 saturated heterocycles. The van der Waals surface area contributed by atoms with E-state index in [-0.39, 0.29) is 12.2 Å². The van der Waals surface area contributed by atoms with Crippen LogP contribution in [0.2, 0.25) is 0 Å². The molecule has 0 spiro atoms. The summed E-state index contributed by atoms with van der Waals surface area (Å²) in [6.45, 7) is 2.10. The fourth-order valence-electron chi connectivity index (χ4n) is 2.27.